The Morgan fingerprint density at radius 3 is 2.33 bits per heavy atom. The molecule has 3 amide bonds. The van der Waals surface area contributed by atoms with Gasteiger partial charge in [-0.2, -0.15) is 0 Å². The highest BCUT2D eigenvalue weighted by molar-refractivity contribution is 5.95. The van der Waals surface area contributed by atoms with Crippen molar-refractivity contribution >= 4 is 23.6 Å². The van der Waals surface area contributed by atoms with Gasteiger partial charge in [-0.1, -0.05) is 0 Å². The van der Waals surface area contributed by atoms with Crippen molar-refractivity contribution in [3.8, 4) is 0 Å². The monoisotopic (exact) mass is 251 g/mol. The standard InChI is InChI=1S/C11H13N3O4/c1-18-10(16)7-2-4-8(5-3-7)13-6-9(15)14-11(12)17/h2-5,13H,6H2,1H3,(H3,12,14,15,17). The van der Waals surface area contributed by atoms with Crippen LogP contribution in [-0.4, -0.2) is 31.6 Å². The van der Waals surface area contributed by atoms with E-state index in [1.54, 1.807) is 24.3 Å². The number of carbonyl (C=O) groups excluding carboxylic acids is 3. The Balaban J connectivity index is 2.51. The molecule has 96 valence electrons. The van der Waals surface area contributed by atoms with E-state index in [9.17, 15) is 14.4 Å². The van der Waals surface area contributed by atoms with Crippen LogP contribution in [0, 0.1) is 0 Å². The minimum atomic E-state index is -0.900. The van der Waals surface area contributed by atoms with Crippen molar-refractivity contribution in [2.45, 2.75) is 0 Å². The third-order valence-electron chi connectivity index (χ3n) is 2.02. The lowest BCUT2D eigenvalue weighted by atomic mass is 10.2. The molecule has 7 nitrogen and oxygen atoms in total. The Morgan fingerprint density at radius 2 is 1.83 bits per heavy atom. The van der Waals surface area contributed by atoms with Crippen LogP contribution in [0.15, 0.2) is 24.3 Å². The molecule has 0 aromatic heterocycles. The SMILES string of the molecule is COC(=O)c1ccc(NCC(=O)NC(N)=O)cc1. The number of carbonyl (C=O) groups is 3. The Hall–Kier alpha value is -2.57. The minimum absolute atomic E-state index is 0.0967. The molecule has 7 heteroatoms. The van der Waals surface area contributed by atoms with Crippen molar-refractivity contribution in [1.29, 1.82) is 0 Å². The summed E-state index contributed by atoms with van der Waals surface area (Å²) >= 11 is 0. The van der Waals surface area contributed by atoms with Gasteiger partial charge in [-0.25, -0.2) is 9.59 Å². The first-order valence-corrected chi connectivity index (χ1v) is 5.04. The van der Waals surface area contributed by atoms with E-state index in [1.807, 2.05) is 5.32 Å². The molecule has 18 heavy (non-hydrogen) atoms. The van der Waals surface area contributed by atoms with Crippen LogP contribution in [0.1, 0.15) is 10.4 Å². The number of methoxy groups -OCH3 is 1. The number of hydrogen-bond acceptors (Lipinski definition) is 5. The van der Waals surface area contributed by atoms with Crippen molar-refractivity contribution in [1.82, 2.24) is 5.32 Å². The van der Waals surface area contributed by atoms with Gasteiger partial charge in [-0.15, -0.1) is 0 Å². The van der Waals surface area contributed by atoms with Crippen molar-refractivity contribution in [2.75, 3.05) is 19.0 Å². The zero-order chi connectivity index (χ0) is 13.5. The van der Waals surface area contributed by atoms with Gasteiger partial charge in [0.25, 0.3) is 0 Å². The fourth-order valence-corrected chi connectivity index (χ4v) is 1.21. The van der Waals surface area contributed by atoms with Gasteiger partial charge in [0.2, 0.25) is 5.91 Å². The summed E-state index contributed by atoms with van der Waals surface area (Å²) in [5, 5.41) is 4.68. The molecular weight excluding hydrogens is 238 g/mol. The van der Waals surface area contributed by atoms with Crippen molar-refractivity contribution in [3.63, 3.8) is 0 Å². The number of ether oxygens (including phenoxy) is 1. The van der Waals surface area contributed by atoms with Crippen LogP contribution in [0.5, 0.6) is 0 Å². The summed E-state index contributed by atoms with van der Waals surface area (Å²) in [5.41, 5.74) is 5.81. The highest BCUT2D eigenvalue weighted by Gasteiger charge is 2.06. The zero-order valence-electron chi connectivity index (χ0n) is 9.73. The van der Waals surface area contributed by atoms with Gasteiger partial charge in [0.05, 0.1) is 19.2 Å². The number of hydrogen-bond donors (Lipinski definition) is 3. The molecule has 0 unspecified atom stereocenters. The second-order valence-electron chi connectivity index (χ2n) is 3.33. The molecule has 1 aromatic carbocycles. The molecule has 0 aliphatic heterocycles. The molecule has 0 spiro atoms. The summed E-state index contributed by atoms with van der Waals surface area (Å²) in [5.74, 6) is -0.979. The van der Waals surface area contributed by atoms with E-state index < -0.39 is 17.9 Å². The van der Waals surface area contributed by atoms with Crippen LogP contribution in [0.2, 0.25) is 0 Å². The van der Waals surface area contributed by atoms with Crippen LogP contribution in [-0.2, 0) is 9.53 Å². The second kappa shape index (κ2) is 6.24. The first-order valence-electron chi connectivity index (χ1n) is 5.04. The number of imide groups is 1. The summed E-state index contributed by atoms with van der Waals surface area (Å²) in [6, 6.07) is 5.44. The van der Waals surface area contributed by atoms with Crippen LogP contribution in [0.25, 0.3) is 0 Å². The Morgan fingerprint density at radius 1 is 1.22 bits per heavy atom. The molecule has 1 aromatic rings. The third kappa shape index (κ3) is 4.12. The van der Waals surface area contributed by atoms with Crippen molar-refractivity contribution in [2.24, 2.45) is 5.73 Å². The van der Waals surface area contributed by atoms with Gasteiger partial charge in [0.1, 0.15) is 0 Å². The van der Waals surface area contributed by atoms with Gasteiger partial charge >= 0.3 is 12.0 Å². The van der Waals surface area contributed by atoms with Crippen molar-refractivity contribution in [3.05, 3.63) is 29.8 Å². The van der Waals surface area contributed by atoms with Crippen LogP contribution < -0.4 is 16.4 Å². The molecule has 0 radical (unpaired) electrons. The van der Waals surface area contributed by atoms with Crippen LogP contribution in [0.3, 0.4) is 0 Å². The number of primary amides is 1. The number of nitrogens with two attached hydrogens (primary N) is 1. The fourth-order valence-electron chi connectivity index (χ4n) is 1.21. The fraction of sp³-hybridized carbons (Fsp3) is 0.182. The smallest absolute Gasteiger partial charge is 0.337 e. The topological polar surface area (TPSA) is 111 Å². The summed E-state index contributed by atoms with van der Waals surface area (Å²) < 4.78 is 4.54. The predicted octanol–water partition coefficient (Wildman–Crippen LogP) is 0.0800. The number of benzene rings is 1. The molecule has 4 N–H and O–H groups in total. The van der Waals surface area contributed by atoms with Crippen LogP contribution >= 0.6 is 0 Å². The quantitative estimate of drug-likeness (QED) is 0.656. The van der Waals surface area contributed by atoms with E-state index in [2.05, 4.69) is 10.1 Å². The van der Waals surface area contributed by atoms with Crippen LogP contribution in [0.4, 0.5) is 10.5 Å². The average Bonchev–Trinajstić information content (AvgIpc) is 2.35. The molecule has 0 heterocycles. The molecule has 1 rings (SSSR count). The minimum Gasteiger partial charge on any atom is -0.465 e. The van der Waals surface area contributed by atoms with Gasteiger partial charge < -0.3 is 15.8 Å². The normalized spacial score (nSPS) is 9.39. The predicted molar refractivity (Wildman–Crippen MR) is 64.0 cm³/mol. The number of urea groups is 1. The number of anilines is 1. The van der Waals surface area contributed by atoms with Gasteiger partial charge in [0.15, 0.2) is 0 Å². The Kier molecular flexibility index (Phi) is 4.67. The van der Waals surface area contributed by atoms with Gasteiger partial charge in [-0.3, -0.25) is 10.1 Å². The van der Waals surface area contributed by atoms with E-state index in [-0.39, 0.29) is 6.54 Å². The molecular formula is C11H13N3O4. The highest BCUT2D eigenvalue weighted by atomic mass is 16.5. The van der Waals surface area contributed by atoms with E-state index in [4.69, 9.17) is 5.73 Å². The lowest BCUT2D eigenvalue weighted by Gasteiger charge is -2.06. The number of amides is 3. The maximum Gasteiger partial charge on any atom is 0.337 e. The molecule has 0 saturated carbocycles. The van der Waals surface area contributed by atoms with E-state index in [0.29, 0.717) is 11.3 Å². The zero-order valence-corrected chi connectivity index (χ0v) is 9.73. The molecule has 0 bridgehead atoms. The molecule has 0 saturated heterocycles. The van der Waals surface area contributed by atoms with Gasteiger partial charge in [-0.05, 0) is 24.3 Å². The molecule has 0 fully saturated rings. The first kappa shape index (κ1) is 13.5. The second-order valence-corrected chi connectivity index (χ2v) is 3.33. The van der Waals surface area contributed by atoms with Crippen molar-refractivity contribution < 1.29 is 19.1 Å². The Labute approximate surface area is 103 Å². The average molecular weight is 251 g/mol. The molecule has 0 aliphatic rings. The molecule has 0 atom stereocenters. The highest BCUT2D eigenvalue weighted by Crippen LogP contribution is 2.09. The maximum atomic E-state index is 11.2. The van der Waals surface area contributed by atoms with E-state index in [0.717, 1.165) is 0 Å². The lowest BCUT2D eigenvalue weighted by molar-refractivity contribution is -0.118. The summed E-state index contributed by atoms with van der Waals surface area (Å²) in [7, 11) is 1.29. The van der Waals surface area contributed by atoms with E-state index in [1.165, 1.54) is 7.11 Å². The first-order chi connectivity index (χ1) is 8.52. The molecule has 0 aliphatic carbocycles. The number of rotatable bonds is 4. The summed E-state index contributed by atoms with van der Waals surface area (Å²) in [4.78, 5) is 32.6. The third-order valence-corrected chi connectivity index (χ3v) is 2.02. The van der Waals surface area contributed by atoms with E-state index >= 15 is 0 Å². The lowest BCUT2D eigenvalue weighted by Crippen LogP contribution is -2.38. The number of nitrogens with one attached hydrogen (secondary N) is 2. The summed E-state index contributed by atoms with van der Waals surface area (Å²) in [6.07, 6.45) is 0. The summed E-state index contributed by atoms with van der Waals surface area (Å²) in [6.45, 7) is -0.0967. The number of esters is 1. The van der Waals surface area contributed by atoms with Gasteiger partial charge in [0, 0.05) is 5.69 Å². The largest absolute Gasteiger partial charge is 0.465 e. The Bertz CT molecular complexity index is 456. The maximum absolute atomic E-state index is 11.2.